The van der Waals surface area contributed by atoms with E-state index in [-0.39, 0.29) is 0 Å². The second kappa shape index (κ2) is 5.06. The van der Waals surface area contributed by atoms with E-state index >= 15 is 0 Å². The molecular weight excluding hydrogens is 258 g/mol. The molecule has 1 aliphatic carbocycles. The van der Waals surface area contributed by atoms with Gasteiger partial charge in [-0.1, -0.05) is 59.2 Å². The van der Waals surface area contributed by atoms with Crippen molar-refractivity contribution in [1.29, 1.82) is 0 Å². The van der Waals surface area contributed by atoms with Crippen LogP contribution in [0, 0.1) is 5.92 Å². The van der Waals surface area contributed by atoms with E-state index in [4.69, 9.17) is 11.6 Å². The van der Waals surface area contributed by atoms with Crippen LogP contribution in [0.5, 0.6) is 0 Å². The van der Waals surface area contributed by atoms with Crippen LogP contribution in [0.15, 0.2) is 59.8 Å². The summed E-state index contributed by atoms with van der Waals surface area (Å²) in [6.07, 6.45) is 1.03. The zero-order chi connectivity index (χ0) is 13.2. The molecule has 1 saturated carbocycles. The lowest BCUT2D eigenvalue weighted by atomic mass is 10.0. The van der Waals surface area contributed by atoms with Gasteiger partial charge in [-0.15, -0.1) is 0 Å². The highest BCUT2D eigenvalue weighted by atomic mass is 35.5. The first-order valence-electron chi connectivity index (χ1n) is 6.32. The van der Waals surface area contributed by atoms with Gasteiger partial charge in [0.2, 0.25) is 0 Å². The molecule has 3 rings (SSSR count). The smallest absolute Gasteiger partial charge is 0.0904 e. The lowest BCUT2D eigenvalue weighted by Crippen LogP contribution is -2.05. The molecule has 2 atom stereocenters. The van der Waals surface area contributed by atoms with Crippen molar-refractivity contribution in [3.63, 3.8) is 0 Å². The number of benzene rings is 2. The van der Waals surface area contributed by atoms with Gasteiger partial charge in [-0.25, -0.2) is 0 Å². The molecule has 2 aromatic carbocycles. The summed E-state index contributed by atoms with van der Waals surface area (Å²) in [5, 5.41) is 13.5. The van der Waals surface area contributed by atoms with Gasteiger partial charge in [0.25, 0.3) is 0 Å². The van der Waals surface area contributed by atoms with Gasteiger partial charge >= 0.3 is 0 Å². The molecule has 2 aromatic rings. The van der Waals surface area contributed by atoms with E-state index < -0.39 is 0 Å². The second-order valence-corrected chi connectivity index (χ2v) is 5.29. The number of rotatable bonds is 3. The normalized spacial score (nSPS) is 22.3. The van der Waals surface area contributed by atoms with Crippen molar-refractivity contribution < 1.29 is 5.21 Å². The zero-order valence-electron chi connectivity index (χ0n) is 10.3. The summed E-state index contributed by atoms with van der Waals surface area (Å²) >= 11 is 5.88. The fraction of sp³-hybridized carbons (Fsp3) is 0.188. The first-order valence-corrected chi connectivity index (χ1v) is 6.70. The molecule has 0 heterocycles. The van der Waals surface area contributed by atoms with Gasteiger partial charge in [-0.05, 0) is 35.6 Å². The van der Waals surface area contributed by atoms with Crippen molar-refractivity contribution in [2.75, 3.05) is 0 Å². The van der Waals surface area contributed by atoms with Gasteiger partial charge in [-0.3, -0.25) is 0 Å². The summed E-state index contributed by atoms with van der Waals surface area (Å²) in [6, 6.07) is 17.8. The van der Waals surface area contributed by atoms with E-state index in [1.165, 1.54) is 5.56 Å². The van der Waals surface area contributed by atoms with Gasteiger partial charge in [0.15, 0.2) is 0 Å². The van der Waals surface area contributed by atoms with Crippen LogP contribution in [0.1, 0.15) is 23.5 Å². The van der Waals surface area contributed by atoms with Crippen molar-refractivity contribution in [2.24, 2.45) is 11.1 Å². The third-order valence-corrected chi connectivity index (χ3v) is 3.87. The Balaban J connectivity index is 1.81. The number of halogens is 1. The Hall–Kier alpha value is -1.80. The largest absolute Gasteiger partial charge is 0.411 e. The molecule has 0 aliphatic heterocycles. The highest BCUT2D eigenvalue weighted by Gasteiger charge is 2.42. The van der Waals surface area contributed by atoms with Crippen LogP contribution in [-0.4, -0.2) is 10.9 Å². The molecule has 0 saturated heterocycles. The minimum absolute atomic E-state index is 0.300. The van der Waals surface area contributed by atoms with Gasteiger partial charge in [0, 0.05) is 10.9 Å². The molecule has 19 heavy (non-hydrogen) atoms. The van der Waals surface area contributed by atoms with E-state index in [0.29, 0.717) is 16.9 Å². The SMILES string of the molecule is ON=C(c1ccc(Cl)cc1)C1CC1c1ccccc1. The fourth-order valence-electron chi connectivity index (χ4n) is 2.53. The standard InChI is InChI=1S/C16H14ClNO/c17-13-8-6-12(7-9-13)16(18-19)15-10-14(15)11-4-2-1-3-5-11/h1-9,14-15,19H,10H2. The first kappa shape index (κ1) is 12.2. The third-order valence-electron chi connectivity index (χ3n) is 3.62. The topological polar surface area (TPSA) is 32.6 Å². The van der Waals surface area contributed by atoms with Crippen molar-refractivity contribution in [3.05, 3.63) is 70.7 Å². The average Bonchev–Trinajstić information content (AvgIpc) is 3.23. The second-order valence-electron chi connectivity index (χ2n) is 4.85. The molecule has 96 valence electrons. The van der Waals surface area contributed by atoms with Crippen LogP contribution in [0.3, 0.4) is 0 Å². The van der Waals surface area contributed by atoms with Crippen molar-refractivity contribution in [3.8, 4) is 0 Å². The summed E-state index contributed by atoms with van der Waals surface area (Å²) in [4.78, 5) is 0. The summed E-state index contributed by atoms with van der Waals surface area (Å²) < 4.78 is 0. The van der Waals surface area contributed by atoms with Crippen LogP contribution in [-0.2, 0) is 0 Å². The summed E-state index contributed by atoms with van der Waals surface area (Å²) in [5.41, 5.74) is 3.00. The molecule has 0 radical (unpaired) electrons. The van der Waals surface area contributed by atoms with Crippen molar-refractivity contribution >= 4 is 17.3 Å². The maximum atomic E-state index is 9.28. The Morgan fingerprint density at radius 3 is 2.37 bits per heavy atom. The summed E-state index contributed by atoms with van der Waals surface area (Å²) in [6.45, 7) is 0. The molecule has 0 amide bonds. The monoisotopic (exact) mass is 271 g/mol. The van der Waals surface area contributed by atoms with Crippen LogP contribution >= 0.6 is 11.6 Å². The van der Waals surface area contributed by atoms with Crippen LogP contribution < -0.4 is 0 Å². The average molecular weight is 272 g/mol. The molecule has 1 fully saturated rings. The van der Waals surface area contributed by atoms with Crippen LogP contribution in [0.25, 0.3) is 0 Å². The van der Waals surface area contributed by atoms with E-state index in [1.807, 2.05) is 42.5 Å². The minimum Gasteiger partial charge on any atom is -0.411 e. The van der Waals surface area contributed by atoms with E-state index in [1.54, 1.807) is 0 Å². The Morgan fingerprint density at radius 1 is 1.05 bits per heavy atom. The quantitative estimate of drug-likeness (QED) is 0.503. The summed E-state index contributed by atoms with van der Waals surface area (Å²) in [7, 11) is 0. The molecule has 2 nitrogen and oxygen atoms in total. The highest BCUT2D eigenvalue weighted by Crippen LogP contribution is 2.49. The van der Waals surface area contributed by atoms with Gasteiger partial charge in [0.05, 0.1) is 5.71 Å². The van der Waals surface area contributed by atoms with E-state index in [2.05, 4.69) is 17.3 Å². The molecule has 0 aromatic heterocycles. The van der Waals surface area contributed by atoms with Gasteiger partial charge < -0.3 is 5.21 Å². The lowest BCUT2D eigenvalue weighted by molar-refractivity contribution is 0.317. The van der Waals surface area contributed by atoms with Crippen LogP contribution in [0.4, 0.5) is 0 Å². The molecule has 0 bridgehead atoms. The van der Waals surface area contributed by atoms with E-state index in [0.717, 1.165) is 17.7 Å². The zero-order valence-corrected chi connectivity index (χ0v) is 11.1. The molecule has 0 spiro atoms. The highest BCUT2D eigenvalue weighted by molar-refractivity contribution is 6.30. The van der Waals surface area contributed by atoms with Crippen molar-refractivity contribution in [1.82, 2.24) is 0 Å². The maximum absolute atomic E-state index is 9.28. The molecule has 2 unspecified atom stereocenters. The minimum atomic E-state index is 0.300. The molecule has 1 N–H and O–H groups in total. The number of nitrogens with zero attached hydrogens (tertiary/aromatic N) is 1. The predicted molar refractivity (Wildman–Crippen MR) is 77.1 cm³/mol. The van der Waals surface area contributed by atoms with Crippen molar-refractivity contribution in [2.45, 2.75) is 12.3 Å². The number of hydrogen-bond donors (Lipinski definition) is 1. The number of oxime groups is 1. The first-order chi connectivity index (χ1) is 9.29. The van der Waals surface area contributed by atoms with Crippen LogP contribution in [0.2, 0.25) is 5.02 Å². The molecule has 1 aliphatic rings. The van der Waals surface area contributed by atoms with E-state index in [9.17, 15) is 5.21 Å². The van der Waals surface area contributed by atoms with Gasteiger partial charge in [-0.2, -0.15) is 0 Å². The number of hydrogen-bond acceptors (Lipinski definition) is 2. The fourth-order valence-corrected chi connectivity index (χ4v) is 2.66. The molecule has 3 heteroatoms. The molecular formula is C16H14ClNO. The Morgan fingerprint density at radius 2 is 1.74 bits per heavy atom. The lowest BCUT2D eigenvalue weighted by Gasteiger charge is -2.04. The predicted octanol–water partition coefficient (Wildman–Crippen LogP) is 4.32. The van der Waals surface area contributed by atoms with Gasteiger partial charge in [0.1, 0.15) is 0 Å². The Kier molecular flexibility index (Phi) is 3.26. The third kappa shape index (κ3) is 2.49. The summed E-state index contributed by atoms with van der Waals surface area (Å²) in [5.74, 6) is 0.761. The Labute approximate surface area is 117 Å². The Bertz CT molecular complexity index is 592. The maximum Gasteiger partial charge on any atom is 0.0904 e.